The van der Waals surface area contributed by atoms with Gasteiger partial charge in [0, 0.05) is 24.2 Å². The Bertz CT molecular complexity index is 2410. The van der Waals surface area contributed by atoms with Crippen LogP contribution in [0.3, 0.4) is 0 Å². The topological polar surface area (TPSA) is 106 Å². The third kappa shape index (κ3) is 6.01. The van der Waals surface area contributed by atoms with Gasteiger partial charge in [-0.3, -0.25) is 14.3 Å². The van der Waals surface area contributed by atoms with E-state index in [9.17, 15) is 50.2 Å². The van der Waals surface area contributed by atoms with Crippen LogP contribution in [-0.4, -0.2) is 43.5 Å². The number of hydrogen-bond donors (Lipinski definition) is 2. The van der Waals surface area contributed by atoms with Gasteiger partial charge in [0.2, 0.25) is 0 Å². The molecule has 0 aliphatic carbocycles. The average molecular weight is 703 g/mol. The van der Waals surface area contributed by atoms with E-state index in [1.165, 1.54) is 67.7 Å². The van der Waals surface area contributed by atoms with Crippen molar-refractivity contribution in [3.63, 3.8) is 0 Å². The maximum Gasteiger partial charge on any atom is 0.417 e. The third-order valence-electron chi connectivity index (χ3n) is 8.27. The normalized spacial score (nSPS) is 12.9. The molecule has 2 aromatic heterocycles. The number of fused-ring (bicyclic) bond motifs is 3. The van der Waals surface area contributed by atoms with Crippen molar-refractivity contribution in [1.82, 2.24) is 19.7 Å². The Balaban J connectivity index is 1.42. The number of rotatable bonds is 7. The van der Waals surface area contributed by atoms with Gasteiger partial charge in [-0.2, -0.15) is 31.4 Å². The number of carbonyl (C=O) groups is 2. The average Bonchev–Trinajstić information content (AvgIpc) is 3.42. The van der Waals surface area contributed by atoms with E-state index in [2.05, 4.69) is 5.10 Å². The molecule has 0 saturated heterocycles. The Morgan fingerprint density at radius 1 is 0.920 bits per heavy atom. The van der Waals surface area contributed by atoms with Crippen molar-refractivity contribution in [1.29, 1.82) is 0 Å². The highest BCUT2D eigenvalue weighted by Gasteiger charge is 2.38. The second-order valence-electron chi connectivity index (χ2n) is 11.4. The van der Waals surface area contributed by atoms with E-state index in [0.717, 1.165) is 10.8 Å². The highest BCUT2D eigenvalue weighted by atomic mass is 19.4. The summed E-state index contributed by atoms with van der Waals surface area (Å²) in [6.07, 6.45) is -9.58. The van der Waals surface area contributed by atoms with E-state index >= 15 is 4.39 Å². The summed E-state index contributed by atoms with van der Waals surface area (Å²) in [6.45, 7) is -1.75. The van der Waals surface area contributed by atoms with Crippen LogP contribution in [0.5, 0.6) is 0 Å². The molecule has 1 atom stereocenters. The predicted molar refractivity (Wildman–Crippen MR) is 165 cm³/mol. The number of amides is 1. The molecular weight excluding hydrogens is 680 g/mol. The van der Waals surface area contributed by atoms with Crippen LogP contribution >= 0.6 is 0 Å². The van der Waals surface area contributed by atoms with Crippen LogP contribution in [0.2, 0.25) is 0 Å². The van der Waals surface area contributed by atoms with Crippen molar-refractivity contribution >= 4 is 44.5 Å². The summed E-state index contributed by atoms with van der Waals surface area (Å²) in [6, 6.07) is 12.6. The monoisotopic (exact) mass is 702 g/mol. The van der Waals surface area contributed by atoms with Gasteiger partial charge in [-0.25, -0.2) is 13.6 Å². The molecule has 0 unspecified atom stereocenters. The minimum Gasteiger partial charge on any atom is -0.480 e. The Morgan fingerprint density at radius 3 is 2.26 bits per heavy atom. The van der Waals surface area contributed by atoms with Gasteiger partial charge in [0.15, 0.2) is 5.82 Å². The van der Waals surface area contributed by atoms with Gasteiger partial charge in [-0.05, 0) is 34.0 Å². The maximum absolute atomic E-state index is 15.4. The third-order valence-corrected chi connectivity index (χ3v) is 8.27. The van der Waals surface area contributed by atoms with Gasteiger partial charge in [0.05, 0.1) is 22.8 Å². The lowest BCUT2D eigenvalue weighted by Crippen LogP contribution is -2.43. The number of nitrogens with one attached hydrogen (secondary N) is 1. The molecule has 6 rings (SSSR count). The smallest absolute Gasteiger partial charge is 0.417 e. The number of aliphatic carboxylic acids is 1. The number of pyridine rings is 1. The number of carboxylic acids is 1. The van der Waals surface area contributed by atoms with Gasteiger partial charge in [-0.15, -0.1) is 0 Å². The molecule has 2 N–H and O–H groups in total. The predicted octanol–water partition coefficient (Wildman–Crippen LogP) is 6.99. The van der Waals surface area contributed by atoms with Gasteiger partial charge >= 0.3 is 18.3 Å². The minimum atomic E-state index is -4.96. The van der Waals surface area contributed by atoms with Crippen LogP contribution in [-0.2, 0) is 31.0 Å². The van der Waals surface area contributed by atoms with Crippen molar-refractivity contribution in [2.45, 2.75) is 31.4 Å². The first-order valence-corrected chi connectivity index (χ1v) is 14.6. The first-order chi connectivity index (χ1) is 23.5. The fraction of sp³-hybridized carbons (Fsp3) is 0.176. The fourth-order valence-corrected chi connectivity index (χ4v) is 6.14. The Labute approximate surface area is 275 Å². The number of nitrogens with zero attached hydrogens (tertiary/aromatic N) is 3. The van der Waals surface area contributed by atoms with E-state index in [1.807, 2.05) is 5.32 Å². The van der Waals surface area contributed by atoms with E-state index in [0.29, 0.717) is 6.07 Å². The molecule has 6 aromatic rings. The number of hydrogen-bond acceptors (Lipinski definition) is 4. The number of carbonyl (C=O) groups excluding carboxylic acids is 1. The van der Waals surface area contributed by atoms with E-state index in [-0.39, 0.29) is 42.9 Å². The van der Waals surface area contributed by atoms with Crippen LogP contribution in [0.1, 0.15) is 21.5 Å². The highest BCUT2D eigenvalue weighted by molar-refractivity contribution is 6.03. The Morgan fingerprint density at radius 2 is 1.58 bits per heavy atom. The maximum atomic E-state index is 15.4. The molecular formula is C34H22F8N4O4. The standard InChI is InChI=1S/C34H22F8N4O4/c1-45-24-11-3-2-7-21(24)27(34(40,41)42)25(31(45)48)20-10-5-8-18-16(6-4-9-19(18)20)13-23(32(49)50)44-30(47)26-22(35)12-17-14-43-46(15-33(37,38)39)29(17)28(26)36/h2-12,14,23H,13,15H2,1H3,(H,44,47)(H,49,50)/t23-/m0/s1. The minimum absolute atomic E-state index is 0.0476. The molecule has 0 saturated carbocycles. The van der Waals surface area contributed by atoms with Gasteiger partial charge in [0.1, 0.15) is 29.5 Å². The fourth-order valence-electron chi connectivity index (χ4n) is 6.14. The Hall–Kier alpha value is -5.80. The summed E-state index contributed by atoms with van der Waals surface area (Å²) >= 11 is 0. The molecule has 1 amide bonds. The van der Waals surface area contributed by atoms with E-state index < -0.39 is 82.6 Å². The van der Waals surface area contributed by atoms with Crippen LogP contribution in [0.15, 0.2) is 77.7 Å². The number of para-hydroxylation sites is 1. The number of benzene rings is 4. The Kier molecular flexibility index (Phi) is 8.36. The lowest BCUT2D eigenvalue weighted by molar-refractivity contribution is -0.142. The molecule has 0 spiro atoms. The molecule has 258 valence electrons. The zero-order chi connectivity index (χ0) is 36.3. The van der Waals surface area contributed by atoms with Crippen molar-refractivity contribution in [2.24, 2.45) is 7.05 Å². The zero-order valence-corrected chi connectivity index (χ0v) is 25.5. The second-order valence-corrected chi connectivity index (χ2v) is 11.4. The van der Waals surface area contributed by atoms with E-state index in [1.54, 1.807) is 0 Å². The van der Waals surface area contributed by atoms with Gasteiger partial charge < -0.3 is 15.0 Å². The number of halogens is 8. The van der Waals surface area contributed by atoms with Crippen LogP contribution in [0, 0.1) is 11.6 Å². The van der Waals surface area contributed by atoms with Gasteiger partial charge in [-0.1, -0.05) is 54.6 Å². The lowest BCUT2D eigenvalue weighted by atomic mass is 9.90. The van der Waals surface area contributed by atoms with Crippen molar-refractivity contribution < 1.29 is 49.8 Å². The molecule has 50 heavy (non-hydrogen) atoms. The quantitative estimate of drug-likeness (QED) is 0.175. The summed E-state index contributed by atoms with van der Waals surface area (Å²) in [5.41, 5.74) is -4.82. The second kappa shape index (κ2) is 12.3. The first kappa shape index (κ1) is 34.1. The molecule has 16 heteroatoms. The summed E-state index contributed by atoms with van der Waals surface area (Å²) in [7, 11) is 1.33. The lowest BCUT2D eigenvalue weighted by Gasteiger charge is -2.20. The molecule has 0 aliphatic heterocycles. The zero-order valence-electron chi connectivity index (χ0n) is 25.5. The number of aromatic nitrogens is 3. The van der Waals surface area contributed by atoms with E-state index in [4.69, 9.17) is 0 Å². The number of carboxylic acid groups (broad SMARTS) is 1. The molecule has 0 radical (unpaired) electrons. The largest absolute Gasteiger partial charge is 0.480 e. The molecule has 0 bridgehead atoms. The molecule has 0 aliphatic rings. The number of alkyl halides is 6. The molecule has 0 fully saturated rings. The molecule has 2 heterocycles. The summed E-state index contributed by atoms with van der Waals surface area (Å²) in [5, 5.41) is 15.1. The van der Waals surface area contributed by atoms with Crippen LogP contribution in [0.4, 0.5) is 35.1 Å². The van der Waals surface area contributed by atoms with Gasteiger partial charge in [0.25, 0.3) is 11.5 Å². The SMILES string of the molecule is Cn1c(=O)c(-c2cccc3c(C[C@H](NC(=O)c4c(F)cc5cnn(CC(F)(F)F)c5c4F)C(=O)O)cccc23)c(C(F)(F)F)c2ccccc21. The van der Waals surface area contributed by atoms with Crippen LogP contribution < -0.4 is 10.9 Å². The van der Waals surface area contributed by atoms with Crippen molar-refractivity contribution in [2.75, 3.05) is 0 Å². The summed E-state index contributed by atoms with van der Waals surface area (Å²) in [5.74, 6) is -6.45. The van der Waals surface area contributed by atoms with Crippen LogP contribution in [0.25, 0.3) is 43.7 Å². The highest BCUT2D eigenvalue weighted by Crippen LogP contribution is 2.42. The molecule has 8 nitrogen and oxygen atoms in total. The summed E-state index contributed by atoms with van der Waals surface area (Å²) in [4.78, 5) is 38.9. The molecule has 4 aromatic carbocycles. The van der Waals surface area contributed by atoms with Crippen molar-refractivity contribution in [3.8, 4) is 11.1 Å². The first-order valence-electron chi connectivity index (χ1n) is 14.6. The number of aryl methyl sites for hydroxylation is 1. The summed E-state index contributed by atoms with van der Waals surface area (Å²) < 4.78 is 115. The van der Waals surface area contributed by atoms with Crippen molar-refractivity contribution in [3.05, 3.63) is 112 Å².